The Morgan fingerprint density at radius 2 is 1.92 bits per heavy atom. The maximum Gasteiger partial charge on any atom is 0.336 e. The number of nitrogens with one attached hydrogen (secondary N) is 1. The van der Waals surface area contributed by atoms with E-state index in [1.54, 1.807) is 37.3 Å². The first-order valence-corrected chi connectivity index (χ1v) is 7.69. The molecule has 0 unspecified atom stereocenters. The van der Waals surface area contributed by atoms with Crippen molar-refractivity contribution in [2.75, 3.05) is 11.9 Å². The zero-order chi connectivity index (χ0) is 18.0. The van der Waals surface area contributed by atoms with Gasteiger partial charge in [-0.3, -0.25) is 4.79 Å². The molecule has 0 aliphatic carbocycles. The Bertz CT molecular complexity index is 1010. The number of amides is 1. The summed E-state index contributed by atoms with van der Waals surface area (Å²) in [4.78, 5) is 23.3. The van der Waals surface area contributed by atoms with Crippen LogP contribution in [-0.2, 0) is 4.79 Å². The molecule has 2 N–H and O–H groups in total. The lowest BCUT2D eigenvalue weighted by Crippen LogP contribution is -2.20. The summed E-state index contributed by atoms with van der Waals surface area (Å²) >= 11 is 0. The first-order chi connectivity index (χ1) is 11.9. The minimum absolute atomic E-state index is 0.0337. The quantitative estimate of drug-likeness (QED) is 0.563. The highest BCUT2D eigenvalue weighted by molar-refractivity contribution is 5.93. The van der Waals surface area contributed by atoms with Crippen molar-refractivity contribution in [2.45, 2.75) is 13.8 Å². The summed E-state index contributed by atoms with van der Waals surface area (Å²) in [6, 6.07) is 11.5. The fourth-order valence-electron chi connectivity index (χ4n) is 2.52. The van der Waals surface area contributed by atoms with Crippen molar-refractivity contribution in [1.29, 1.82) is 0 Å². The molecule has 1 amide bonds. The molecule has 6 heteroatoms. The predicted octanol–water partition coefficient (Wildman–Crippen LogP) is 3.13. The lowest BCUT2D eigenvalue weighted by atomic mass is 10.1. The van der Waals surface area contributed by atoms with Gasteiger partial charge in [-0.2, -0.15) is 0 Å². The van der Waals surface area contributed by atoms with Gasteiger partial charge in [0, 0.05) is 17.5 Å². The van der Waals surface area contributed by atoms with Crippen molar-refractivity contribution in [2.24, 2.45) is 0 Å². The van der Waals surface area contributed by atoms with E-state index in [1.165, 1.54) is 6.07 Å². The van der Waals surface area contributed by atoms with Crippen molar-refractivity contribution in [3.05, 3.63) is 64.0 Å². The number of aromatic hydroxyl groups is 1. The number of fused-ring (bicyclic) bond motifs is 1. The zero-order valence-corrected chi connectivity index (χ0v) is 13.8. The van der Waals surface area contributed by atoms with Crippen molar-refractivity contribution in [3.63, 3.8) is 0 Å². The summed E-state index contributed by atoms with van der Waals surface area (Å²) in [6.45, 7) is 3.40. The van der Waals surface area contributed by atoms with E-state index in [2.05, 4.69) is 5.32 Å². The van der Waals surface area contributed by atoms with Crippen LogP contribution >= 0.6 is 0 Å². The van der Waals surface area contributed by atoms with Crippen LogP contribution in [0.15, 0.2) is 51.7 Å². The van der Waals surface area contributed by atoms with Crippen LogP contribution in [0.1, 0.15) is 11.1 Å². The van der Waals surface area contributed by atoms with Crippen molar-refractivity contribution < 1.29 is 19.1 Å². The Labute approximate surface area is 143 Å². The number of carbonyl (C=O) groups is 1. The lowest BCUT2D eigenvalue weighted by Gasteiger charge is -2.11. The number of benzene rings is 2. The first-order valence-electron chi connectivity index (χ1n) is 7.69. The van der Waals surface area contributed by atoms with Crippen LogP contribution in [0.2, 0.25) is 0 Å². The van der Waals surface area contributed by atoms with Gasteiger partial charge in [0.25, 0.3) is 5.91 Å². The van der Waals surface area contributed by atoms with E-state index in [1.807, 2.05) is 13.0 Å². The third-order valence-corrected chi connectivity index (χ3v) is 3.68. The highest BCUT2D eigenvalue weighted by Crippen LogP contribution is 2.28. The van der Waals surface area contributed by atoms with E-state index in [4.69, 9.17) is 9.15 Å². The average Bonchev–Trinajstić information content (AvgIpc) is 2.57. The Morgan fingerprint density at radius 1 is 1.16 bits per heavy atom. The second-order valence-electron chi connectivity index (χ2n) is 5.77. The van der Waals surface area contributed by atoms with Crippen LogP contribution in [0, 0.1) is 13.8 Å². The number of phenols is 1. The number of phenolic OH excluding ortho intramolecular Hbond substituents is 1. The monoisotopic (exact) mass is 339 g/mol. The van der Waals surface area contributed by atoms with Gasteiger partial charge in [0.15, 0.2) is 6.61 Å². The third kappa shape index (κ3) is 3.80. The molecule has 0 saturated carbocycles. The van der Waals surface area contributed by atoms with Crippen LogP contribution in [0.25, 0.3) is 11.0 Å². The SMILES string of the molecule is Cc1cc(C)c(O)c(NC(=O)COc2ccc3ccc(=O)oc3c2)c1. The lowest BCUT2D eigenvalue weighted by molar-refractivity contribution is -0.118. The van der Waals surface area contributed by atoms with E-state index in [-0.39, 0.29) is 12.4 Å². The maximum absolute atomic E-state index is 12.1. The van der Waals surface area contributed by atoms with Crippen molar-refractivity contribution >= 4 is 22.6 Å². The molecule has 0 aliphatic rings. The second-order valence-corrected chi connectivity index (χ2v) is 5.77. The molecule has 0 atom stereocenters. The van der Waals surface area contributed by atoms with Crippen LogP contribution in [0.4, 0.5) is 5.69 Å². The molecule has 128 valence electrons. The molecule has 2 aromatic carbocycles. The van der Waals surface area contributed by atoms with Gasteiger partial charge in [0.05, 0.1) is 5.69 Å². The summed E-state index contributed by atoms with van der Waals surface area (Å²) in [5.74, 6) is 0.0305. The number of ether oxygens (including phenoxy) is 1. The molecule has 6 nitrogen and oxygen atoms in total. The summed E-state index contributed by atoms with van der Waals surface area (Å²) in [5.41, 5.74) is 1.89. The smallest absolute Gasteiger partial charge is 0.336 e. The number of aryl methyl sites for hydroxylation is 2. The van der Waals surface area contributed by atoms with Gasteiger partial charge in [-0.1, -0.05) is 6.07 Å². The van der Waals surface area contributed by atoms with Gasteiger partial charge < -0.3 is 19.6 Å². The second kappa shape index (κ2) is 6.68. The maximum atomic E-state index is 12.1. The number of hydrogen-bond donors (Lipinski definition) is 2. The van der Waals surface area contributed by atoms with Gasteiger partial charge in [-0.15, -0.1) is 0 Å². The Kier molecular flexibility index (Phi) is 4.43. The van der Waals surface area contributed by atoms with E-state index in [0.717, 1.165) is 10.9 Å². The molecule has 0 saturated heterocycles. The minimum Gasteiger partial charge on any atom is -0.505 e. The molecule has 0 fully saturated rings. The van der Waals surface area contributed by atoms with Gasteiger partial charge in [0.1, 0.15) is 17.1 Å². The summed E-state index contributed by atoms with van der Waals surface area (Å²) in [7, 11) is 0. The van der Waals surface area contributed by atoms with E-state index < -0.39 is 11.5 Å². The fourth-order valence-corrected chi connectivity index (χ4v) is 2.52. The highest BCUT2D eigenvalue weighted by Gasteiger charge is 2.10. The van der Waals surface area contributed by atoms with Crippen LogP contribution in [0.3, 0.4) is 0 Å². The normalized spacial score (nSPS) is 10.6. The van der Waals surface area contributed by atoms with E-state index >= 15 is 0 Å². The predicted molar refractivity (Wildman–Crippen MR) is 94.2 cm³/mol. The average molecular weight is 339 g/mol. The van der Waals surface area contributed by atoms with Gasteiger partial charge >= 0.3 is 5.63 Å². The van der Waals surface area contributed by atoms with Crippen molar-refractivity contribution in [3.8, 4) is 11.5 Å². The summed E-state index contributed by atoms with van der Waals surface area (Å²) < 4.78 is 10.5. The number of carbonyl (C=O) groups excluding carboxylic acids is 1. The fraction of sp³-hybridized carbons (Fsp3) is 0.158. The number of rotatable bonds is 4. The molecule has 0 aliphatic heterocycles. The third-order valence-electron chi connectivity index (χ3n) is 3.68. The molecular weight excluding hydrogens is 322 g/mol. The molecule has 25 heavy (non-hydrogen) atoms. The molecule has 0 bridgehead atoms. The van der Waals surface area contributed by atoms with Gasteiger partial charge in [0.2, 0.25) is 0 Å². The number of hydrogen-bond acceptors (Lipinski definition) is 5. The van der Waals surface area contributed by atoms with Crippen LogP contribution in [-0.4, -0.2) is 17.6 Å². The zero-order valence-electron chi connectivity index (χ0n) is 13.8. The summed E-state index contributed by atoms with van der Waals surface area (Å²) in [5, 5.41) is 13.4. The molecule has 3 aromatic rings. The molecular formula is C19H17NO5. The Hall–Kier alpha value is -3.28. The van der Waals surface area contributed by atoms with Gasteiger partial charge in [-0.05, 0) is 49.2 Å². The summed E-state index contributed by atoms with van der Waals surface area (Å²) in [6.07, 6.45) is 0. The topological polar surface area (TPSA) is 88.8 Å². The van der Waals surface area contributed by atoms with E-state index in [9.17, 15) is 14.7 Å². The largest absolute Gasteiger partial charge is 0.505 e. The van der Waals surface area contributed by atoms with Gasteiger partial charge in [-0.25, -0.2) is 4.79 Å². The minimum atomic E-state index is -0.451. The van der Waals surface area contributed by atoms with Crippen LogP contribution in [0.5, 0.6) is 11.5 Å². The Balaban J connectivity index is 1.69. The molecule has 1 heterocycles. The van der Waals surface area contributed by atoms with Crippen LogP contribution < -0.4 is 15.7 Å². The molecule has 0 radical (unpaired) electrons. The standard InChI is InChI=1S/C19H17NO5/c1-11-7-12(2)19(23)15(8-11)20-17(21)10-24-14-5-3-13-4-6-18(22)25-16(13)9-14/h3-9,23H,10H2,1-2H3,(H,20,21). The molecule has 3 rings (SSSR count). The van der Waals surface area contributed by atoms with Crippen molar-refractivity contribution in [1.82, 2.24) is 0 Å². The number of anilines is 1. The molecule has 1 aromatic heterocycles. The Morgan fingerprint density at radius 3 is 2.72 bits per heavy atom. The molecule has 0 spiro atoms. The highest BCUT2D eigenvalue weighted by atomic mass is 16.5. The van der Waals surface area contributed by atoms with E-state index in [0.29, 0.717) is 22.6 Å². The first kappa shape index (κ1) is 16.6.